The van der Waals surface area contributed by atoms with Gasteiger partial charge in [0.25, 0.3) is 0 Å². The van der Waals surface area contributed by atoms with Gasteiger partial charge in [0, 0.05) is 28.2 Å². The summed E-state index contributed by atoms with van der Waals surface area (Å²) >= 11 is 5.50. The first-order valence-corrected chi connectivity index (χ1v) is 8.27. The van der Waals surface area contributed by atoms with E-state index in [-0.39, 0.29) is 0 Å². The second-order valence-corrected chi connectivity index (χ2v) is 6.21. The van der Waals surface area contributed by atoms with Crippen molar-refractivity contribution in [3.8, 4) is 0 Å². The molecule has 0 fully saturated rings. The van der Waals surface area contributed by atoms with Gasteiger partial charge >= 0.3 is 0 Å². The Labute approximate surface area is 124 Å². The molecule has 0 amide bonds. The van der Waals surface area contributed by atoms with Crippen LogP contribution in [0.1, 0.15) is 19.4 Å². The Morgan fingerprint density at radius 2 is 2.00 bits per heavy atom. The molecule has 0 radical (unpaired) electrons. The van der Waals surface area contributed by atoms with E-state index in [1.54, 1.807) is 0 Å². The van der Waals surface area contributed by atoms with Gasteiger partial charge in [0.15, 0.2) is 0 Å². The summed E-state index contributed by atoms with van der Waals surface area (Å²) in [6.07, 6.45) is 0. The molecular weight excluding hydrogens is 308 g/mol. The van der Waals surface area contributed by atoms with Crippen LogP contribution >= 0.6 is 27.7 Å². The van der Waals surface area contributed by atoms with Crippen LogP contribution in [-0.4, -0.2) is 37.3 Å². The predicted octanol–water partition coefficient (Wildman–Crippen LogP) is 3.60. The zero-order chi connectivity index (χ0) is 13.4. The topological polar surface area (TPSA) is 15.3 Å². The summed E-state index contributed by atoms with van der Waals surface area (Å²) in [5.41, 5.74) is 1.38. The van der Waals surface area contributed by atoms with Crippen LogP contribution in [0, 0.1) is 0 Å². The van der Waals surface area contributed by atoms with Gasteiger partial charge in [-0.1, -0.05) is 35.8 Å². The van der Waals surface area contributed by atoms with Gasteiger partial charge in [0.2, 0.25) is 0 Å². The Morgan fingerprint density at radius 1 is 1.28 bits per heavy atom. The molecule has 0 bridgehead atoms. The number of benzene rings is 1. The maximum atomic E-state index is 3.55. The number of hydrogen-bond acceptors (Lipinski definition) is 3. The fourth-order valence-corrected chi connectivity index (χ4v) is 3.44. The van der Waals surface area contributed by atoms with Crippen LogP contribution in [-0.2, 0) is 6.54 Å². The van der Waals surface area contributed by atoms with Crippen LogP contribution in [0.4, 0.5) is 0 Å². The van der Waals surface area contributed by atoms with Gasteiger partial charge in [0.05, 0.1) is 0 Å². The smallest absolute Gasteiger partial charge is 0.0213 e. The standard InChI is InChI=1S/C14H23BrN2S/c1-4-17(5-2)8-9-18-14-10-13(15)7-6-12(14)11-16-3/h6-7,10,16H,4-5,8-9,11H2,1-3H3. The molecule has 1 aromatic carbocycles. The van der Waals surface area contributed by atoms with Gasteiger partial charge in [-0.25, -0.2) is 0 Å². The molecule has 0 aliphatic rings. The van der Waals surface area contributed by atoms with E-state index in [0.29, 0.717) is 0 Å². The molecular formula is C14H23BrN2S. The van der Waals surface area contributed by atoms with Crippen LogP contribution in [0.25, 0.3) is 0 Å². The highest BCUT2D eigenvalue weighted by Gasteiger charge is 2.05. The second-order valence-electron chi connectivity index (χ2n) is 4.16. The van der Waals surface area contributed by atoms with Crippen LogP contribution in [0.5, 0.6) is 0 Å². The van der Waals surface area contributed by atoms with Gasteiger partial charge in [-0.3, -0.25) is 0 Å². The highest BCUT2D eigenvalue weighted by molar-refractivity contribution is 9.10. The van der Waals surface area contributed by atoms with Crippen LogP contribution < -0.4 is 5.32 Å². The van der Waals surface area contributed by atoms with E-state index >= 15 is 0 Å². The van der Waals surface area contributed by atoms with Crippen molar-refractivity contribution in [2.24, 2.45) is 0 Å². The van der Waals surface area contributed by atoms with Crippen molar-refractivity contribution >= 4 is 27.7 Å². The van der Waals surface area contributed by atoms with E-state index in [1.807, 2.05) is 18.8 Å². The molecule has 18 heavy (non-hydrogen) atoms. The summed E-state index contributed by atoms with van der Waals surface area (Å²) in [4.78, 5) is 3.84. The maximum Gasteiger partial charge on any atom is 0.0213 e. The third-order valence-corrected chi connectivity index (χ3v) is 4.53. The molecule has 1 aromatic rings. The lowest BCUT2D eigenvalue weighted by Crippen LogP contribution is -2.25. The van der Waals surface area contributed by atoms with E-state index in [0.717, 1.165) is 36.4 Å². The maximum absolute atomic E-state index is 3.55. The Hall–Kier alpha value is -0.0300. The van der Waals surface area contributed by atoms with E-state index in [2.05, 4.69) is 58.2 Å². The molecule has 0 aliphatic heterocycles. The van der Waals surface area contributed by atoms with Crippen molar-refractivity contribution < 1.29 is 0 Å². The lowest BCUT2D eigenvalue weighted by molar-refractivity contribution is 0.324. The fourth-order valence-electron chi connectivity index (χ4n) is 1.82. The highest BCUT2D eigenvalue weighted by atomic mass is 79.9. The van der Waals surface area contributed by atoms with E-state index in [1.165, 1.54) is 10.5 Å². The summed E-state index contributed by atoms with van der Waals surface area (Å²) < 4.78 is 1.16. The van der Waals surface area contributed by atoms with Crippen molar-refractivity contribution in [1.29, 1.82) is 0 Å². The third-order valence-electron chi connectivity index (χ3n) is 2.96. The number of rotatable bonds is 8. The minimum atomic E-state index is 0.931. The largest absolute Gasteiger partial charge is 0.316 e. The van der Waals surface area contributed by atoms with Crippen molar-refractivity contribution in [3.63, 3.8) is 0 Å². The van der Waals surface area contributed by atoms with Gasteiger partial charge in [-0.2, -0.15) is 0 Å². The molecule has 0 spiro atoms. The monoisotopic (exact) mass is 330 g/mol. The quantitative estimate of drug-likeness (QED) is 0.733. The Bertz CT molecular complexity index is 354. The van der Waals surface area contributed by atoms with E-state index in [9.17, 15) is 0 Å². The summed E-state index contributed by atoms with van der Waals surface area (Å²) in [6.45, 7) is 8.81. The average Bonchev–Trinajstić information content (AvgIpc) is 2.38. The molecule has 2 nitrogen and oxygen atoms in total. The van der Waals surface area contributed by atoms with Crippen molar-refractivity contribution in [3.05, 3.63) is 28.2 Å². The number of hydrogen-bond donors (Lipinski definition) is 1. The van der Waals surface area contributed by atoms with Crippen LogP contribution in [0.15, 0.2) is 27.6 Å². The van der Waals surface area contributed by atoms with Gasteiger partial charge in [-0.15, -0.1) is 11.8 Å². The summed E-state index contributed by atoms with van der Waals surface area (Å²) in [5.74, 6) is 1.15. The zero-order valence-corrected chi connectivity index (χ0v) is 13.9. The van der Waals surface area contributed by atoms with Gasteiger partial charge in [-0.05, 0) is 37.8 Å². The van der Waals surface area contributed by atoms with Crippen LogP contribution in [0.3, 0.4) is 0 Å². The predicted molar refractivity (Wildman–Crippen MR) is 85.4 cm³/mol. The number of thioether (sulfide) groups is 1. The fraction of sp³-hybridized carbons (Fsp3) is 0.571. The molecule has 0 aliphatic carbocycles. The first kappa shape index (κ1) is 16.0. The number of nitrogens with zero attached hydrogens (tertiary/aromatic N) is 1. The minimum absolute atomic E-state index is 0.931. The number of nitrogens with one attached hydrogen (secondary N) is 1. The third kappa shape index (κ3) is 5.31. The van der Waals surface area contributed by atoms with Crippen molar-refractivity contribution in [2.75, 3.05) is 32.4 Å². The lowest BCUT2D eigenvalue weighted by Gasteiger charge is -2.18. The molecule has 0 saturated heterocycles. The second kappa shape index (κ2) is 8.97. The lowest BCUT2D eigenvalue weighted by atomic mass is 10.2. The van der Waals surface area contributed by atoms with E-state index in [4.69, 9.17) is 0 Å². The molecule has 102 valence electrons. The molecule has 0 saturated carbocycles. The Kier molecular flexibility index (Phi) is 7.98. The number of halogens is 1. The Balaban J connectivity index is 2.56. The van der Waals surface area contributed by atoms with E-state index < -0.39 is 0 Å². The first-order chi connectivity index (χ1) is 8.71. The molecule has 0 atom stereocenters. The van der Waals surface area contributed by atoms with Gasteiger partial charge < -0.3 is 10.2 Å². The highest BCUT2D eigenvalue weighted by Crippen LogP contribution is 2.26. The molecule has 0 aromatic heterocycles. The molecule has 1 rings (SSSR count). The SMILES string of the molecule is CCN(CC)CCSc1cc(Br)ccc1CNC. The molecule has 0 unspecified atom stereocenters. The van der Waals surface area contributed by atoms with Crippen molar-refractivity contribution in [2.45, 2.75) is 25.3 Å². The summed E-state index contributed by atoms with van der Waals surface area (Å²) in [5, 5.41) is 3.23. The summed E-state index contributed by atoms with van der Waals surface area (Å²) in [7, 11) is 1.99. The average molecular weight is 331 g/mol. The van der Waals surface area contributed by atoms with Crippen LogP contribution in [0.2, 0.25) is 0 Å². The van der Waals surface area contributed by atoms with Gasteiger partial charge in [0.1, 0.15) is 0 Å². The summed E-state index contributed by atoms with van der Waals surface area (Å²) in [6, 6.07) is 6.53. The minimum Gasteiger partial charge on any atom is -0.316 e. The molecule has 1 N–H and O–H groups in total. The van der Waals surface area contributed by atoms with Crippen molar-refractivity contribution in [1.82, 2.24) is 10.2 Å². The normalized spacial score (nSPS) is 11.2. The Morgan fingerprint density at radius 3 is 2.61 bits per heavy atom. The molecule has 4 heteroatoms. The first-order valence-electron chi connectivity index (χ1n) is 6.49. The zero-order valence-electron chi connectivity index (χ0n) is 11.5. The molecule has 0 heterocycles.